The van der Waals surface area contributed by atoms with Crippen molar-refractivity contribution in [3.63, 3.8) is 0 Å². The van der Waals surface area contributed by atoms with Gasteiger partial charge < -0.3 is 16.8 Å². The molecule has 0 aliphatic heterocycles. The molecule has 0 bridgehead atoms. The molecule has 4 aromatic rings. The van der Waals surface area contributed by atoms with Gasteiger partial charge in [0.15, 0.2) is 0 Å². The number of hydrogen-bond donors (Lipinski definition) is 6. The topological polar surface area (TPSA) is 287 Å². The molecule has 236 valence electrons. The Morgan fingerprint density at radius 2 is 1.47 bits per heavy atom. The lowest BCUT2D eigenvalue weighted by atomic mass is 10.2. The molecule has 0 saturated carbocycles. The highest BCUT2D eigenvalue weighted by atomic mass is 32.2. The summed E-state index contributed by atoms with van der Waals surface area (Å²) < 4.78 is 98.1. The van der Waals surface area contributed by atoms with Crippen molar-refractivity contribution in [1.82, 2.24) is 9.97 Å². The van der Waals surface area contributed by atoms with Crippen LogP contribution in [0.25, 0.3) is 0 Å². The molecule has 8 N–H and O–H groups in total. The van der Waals surface area contributed by atoms with Gasteiger partial charge in [-0.3, -0.25) is 9.11 Å². The summed E-state index contributed by atoms with van der Waals surface area (Å²) in [5.74, 6) is -1.44. The minimum absolute atomic E-state index is 0.100. The summed E-state index contributed by atoms with van der Waals surface area (Å²) in [6, 6.07) is 10.4. The lowest BCUT2D eigenvalue weighted by molar-refractivity contribution is -0.432. The first-order valence-corrected chi connectivity index (χ1v) is 15.1. The second-order valence-electron chi connectivity index (χ2n) is 8.27. The lowest BCUT2D eigenvalue weighted by Gasteiger charge is -2.11. The molecular weight excluding hydrogens is 668 g/mol. The van der Waals surface area contributed by atoms with Gasteiger partial charge in [-0.25, -0.2) is 5.26 Å². The summed E-state index contributed by atoms with van der Waals surface area (Å²) >= 11 is 0.429. The maximum atomic E-state index is 13.5. The SMILES string of the molecule is Nc1c(N=Nc2ccccc2S(=O)(=O)O)cc(S(=O)(=O)O)c(N)c1N=Nc1cc(Nc2cc(F)nc(F)n2)ccc1SOOO. The molecule has 0 radical (unpaired) electrons. The Hall–Kier alpha value is -4.75. The van der Waals surface area contributed by atoms with Crippen molar-refractivity contribution in [2.24, 2.45) is 20.5 Å². The number of nitrogen functional groups attached to an aromatic ring is 2. The smallest absolute Gasteiger partial charge is 0.313 e. The van der Waals surface area contributed by atoms with Crippen LogP contribution in [-0.4, -0.2) is 41.2 Å². The molecule has 23 heteroatoms. The van der Waals surface area contributed by atoms with Gasteiger partial charge in [-0.2, -0.15) is 35.6 Å². The Labute approximate surface area is 255 Å². The molecule has 0 spiro atoms. The molecule has 4 rings (SSSR count). The molecule has 1 aromatic heterocycles. The van der Waals surface area contributed by atoms with Crippen molar-refractivity contribution >= 4 is 77.9 Å². The predicted molar refractivity (Wildman–Crippen MR) is 152 cm³/mol. The molecule has 0 atom stereocenters. The Morgan fingerprint density at radius 1 is 0.800 bits per heavy atom. The summed E-state index contributed by atoms with van der Waals surface area (Å²) in [7, 11) is -9.77. The quantitative estimate of drug-likeness (QED) is 0.0168. The van der Waals surface area contributed by atoms with Crippen molar-refractivity contribution in [3.8, 4) is 0 Å². The second kappa shape index (κ2) is 13.5. The van der Waals surface area contributed by atoms with E-state index in [-0.39, 0.29) is 27.8 Å². The highest BCUT2D eigenvalue weighted by molar-refractivity contribution is 7.94. The predicted octanol–water partition coefficient (Wildman–Crippen LogP) is 5.42. The zero-order valence-corrected chi connectivity index (χ0v) is 24.3. The fraction of sp³-hybridized carbons (Fsp3) is 0. The van der Waals surface area contributed by atoms with Crippen LogP contribution in [0, 0.1) is 12.0 Å². The van der Waals surface area contributed by atoms with E-state index in [2.05, 4.69) is 45.1 Å². The first kappa shape index (κ1) is 33.1. The number of halogens is 2. The molecule has 0 amide bonds. The summed E-state index contributed by atoms with van der Waals surface area (Å²) in [6.07, 6.45) is -1.35. The summed E-state index contributed by atoms with van der Waals surface area (Å²) in [5, 5.41) is 30.1. The van der Waals surface area contributed by atoms with Gasteiger partial charge in [0.2, 0.25) is 5.95 Å². The monoisotopic (exact) mass is 685 g/mol. The zero-order chi connectivity index (χ0) is 32.9. The number of anilines is 4. The van der Waals surface area contributed by atoms with E-state index in [1.54, 1.807) is 0 Å². The van der Waals surface area contributed by atoms with Gasteiger partial charge in [0.25, 0.3) is 20.2 Å². The molecule has 0 fully saturated rings. The summed E-state index contributed by atoms with van der Waals surface area (Å²) in [6.45, 7) is 0. The molecule has 3 aromatic carbocycles. The molecule has 0 aliphatic carbocycles. The van der Waals surface area contributed by atoms with E-state index in [4.69, 9.17) is 16.7 Å². The highest BCUT2D eigenvalue weighted by Gasteiger charge is 2.23. The Bertz CT molecular complexity index is 2030. The van der Waals surface area contributed by atoms with Crippen LogP contribution in [0.1, 0.15) is 0 Å². The number of nitrogens with two attached hydrogens (primary N) is 2. The van der Waals surface area contributed by atoms with Crippen LogP contribution in [0.5, 0.6) is 0 Å². The molecule has 0 unspecified atom stereocenters. The molecule has 0 aliphatic rings. The Morgan fingerprint density at radius 3 is 2.13 bits per heavy atom. The third kappa shape index (κ3) is 8.25. The number of benzene rings is 3. The summed E-state index contributed by atoms with van der Waals surface area (Å²) in [4.78, 5) is 4.84. The van der Waals surface area contributed by atoms with Crippen LogP contribution in [0.15, 0.2) is 89.7 Å². The van der Waals surface area contributed by atoms with Crippen LogP contribution in [0.2, 0.25) is 0 Å². The lowest BCUT2D eigenvalue weighted by Crippen LogP contribution is -2.05. The van der Waals surface area contributed by atoms with Crippen molar-refractivity contribution in [2.75, 3.05) is 16.8 Å². The number of nitrogens with one attached hydrogen (secondary N) is 1. The third-order valence-corrected chi connectivity index (χ3v) is 7.77. The van der Waals surface area contributed by atoms with E-state index < -0.39 is 64.8 Å². The van der Waals surface area contributed by atoms with Crippen LogP contribution < -0.4 is 16.8 Å². The van der Waals surface area contributed by atoms with Crippen molar-refractivity contribution in [2.45, 2.75) is 14.7 Å². The minimum atomic E-state index is -5.03. The van der Waals surface area contributed by atoms with E-state index >= 15 is 0 Å². The first-order chi connectivity index (χ1) is 21.2. The Kier molecular flexibility index (Phi) is 9.94. The van der Waals surface area contributed by atoms with Gasteiger partial charge >= 0.3 is 6.08 Å². The van der Waals surface area contributed by atoms with Gasteiger partial charge in [-0.1, -0.05) is 17.2 Å². The average Bonchev–Trinajstić information content (AvgIpc) is 2.94. The number of aromatic nitrogens is 2. The van der Waals surface area contributed by atoms with E-state index in [0.29, 0.717) is 12.0 Å². The minimum Gasteiger partial charge on any atom is -0.396 e. The van der Waals surface area contributed by atoms with E-state index in [9.17, 15) is 34.7 Å². The highest BCUT2D eigenvalue weighted by Crippen LogP contribution is 2.44. The Balaban J connectivity index is 1.82. The fourth-order valence-corrected chi connectivity index (χ4v) is 5.10. The average molecular weight is 686 g/mol. The van der Waals surface area contributed by atoms with Crippen molar-refractivity contribution in [3.05, 3.63) is 66.6 Å². The van der Waals surface area contributed by atoms with Gasteiger partial charge in [0.1, 0.15) is 38.4 Å². The first-order valence-electron chi connectivity index (χ1n) is 11.5. The van der Waals surface area contributed by atoms with E-state index in [1.807, 2.05) is 0 Å². The van der Waals surface area contributed by atoms with Crippen LogP contribution in [0.3, 0.4) is 0 Å². The van der Waals surface area contributed by atoms with Crippen LogP contribution in [-0.2, 0) is 29.6 Å². The van der Waals surface area contributed by atoms with Crippen molar-refractivity contribution in [1.29, 1.82) is 0 Å². The van der Waals surface area contributed by atoms with Gasteiger partial charge in [0, 0.05) is 11.8 Å². The third-order valence-electron chi connectivity index (χ3n) is 5.32. The molecule has 1 heterocycles. The largest absolute Gasteiger partial charge is 0.396 e. The number of azo groups is 2. The standard InChI is InChI=1S/C22H17F2N9O9S3/c23-17-9-18(29-22(24)28-17)27-10-5-6-14(43-42-41-34)12(7-10)31-33-21-19(25)13(8-16(20(21)26)45(38,39)40)32-30-11-3-1-2-4-15(11)44(35,36)37/h1-9,34H,25-26H2,(H,27,28,29)(H,35,36,37)(H,38,39,40). The molecule has 18 nitrogen and oxygen atoms in total. The molecular formula is C22H17F2N9O9S3. The van der Waals surface area contributed by atoms with Gasteiger partial charge in [-0.15, -0.1) is 24.8 Å². The number of hydrogen-bond acceptors (Lipinski definition) is 17. The van der Waals surface area contributed by atoms with Gasteiger partial charge in [0.05, 0.1) is 28.3 Å². The van der Waals surface area contributed by atoms with Gasteiger partial charge in [-0.05, 0) is 36.4 Å². The van der Waals surface area contributed by atoms with E-state index in [0.717, 1.165) is 18.2 Å². The van der Waals surface area contributed by atoms with Crippen LogP contribution >= 0.6 is 12.0 Å². The normalized spacial score (nSPS) is 12.3. The van der Waals surface area contributed by atoms with Crippen LogP contribution in [0.4, 0.5) is 54.4 Å². The van der Waals surface area contributed by atoms with E-state index in [1.165, 1.54) is 36.4 Å². The molecule has 45 heavy (non-hydrogen) atoms. The maximum absolute atomic E-state index is 13.5. The molecule has 0 saturated heterocycles. The van der Waals surface area contributed by atoms with Crippen molar-refractivity contribution < 1.29 is 49.4 Å². The number of nitrogens with zero attached hydrogens (tertiary/aromatic N) is 6. The maximum Gasteiger partial charge on any atom is 0.313 e. The summed E-state index contributed by atoms with van der Waals surface area (Å²) in [5.41, 5.74) is 9.58. The fourth-order valence-electron chi connectivity index (χ4n) is 3.43. The zero-order valence-electron chi connectivity index (χ0n) is 21.8. The second-order valence-corrected chi connectivity index (χ2v) is 11.8. The number of rotatable bonds is 11.